The van der Waals surface area contributed by atoms with Crippen molar-refractivity contribution < 1.29 is 26.9 Å². The van der Waals surface area contributed by atoms with Crippen LogP contribution in [0.25, 0.3) is 22.4 Å². The maximum absolute atomic E-state index is 14.6. The maximum Gasteiger partial charge on any atom is 0.406 e. The van der Waals surface area contributed by atoms with E-state index in [4.69, 9.17) is 4.52 Å². The first-order valence-corrected chi connectivity index (χ1v) is 11.6. The summed E-state index contributed by atoms with van der Waals surface area (Å²) < 4.78 is 61.4. The molecule has 2 aliphatic rings. The Balaban J connectivity index is 1.46. The minimum atomic E-state index is -4.49. The SMILES string of the molecule is CN1CC[C@H](Nc2cccc3c2cc(-c2noc(CNC(=O)C4CC4)n2)n3CC(F)(F)F)[C@H](F)C1. The molecule has 3 aromatic rings. The normalized spacial score (nSPS) is 21.4. The molecule has 12 heteroatoms. The number of aromatic nitrogens is 3. The van der Waals surface area contributed by atoms with Gasteiger partial charge in [-0.05, 0) is 44.5 Å². The van der Waals surface area contributed by atoms with Gasteiger partial charge >= 0.3 is 6.18 Å². The number of benzene rings is 1. The summed E-state index contributed by atoms with van der Waals surface area (Å²) in [4.78, 5) is 18.0. The van der Waals surface area contributed by atoms with Crippen LogP contribution in [0.1, 0.15) is 25.2 Å². The van der Waals surface area contributed by atoms with Crippen molar-refractivity contribution in [2.75, 3.05) is 25.5 Å². The highest BCUT2D eigenvalue weighted by molar-refractivity contribution is 5.96. The van der Waals surface area contributed by atoms with Crippen LogP contribution in [-0.4, -0.2) is 64.0 Å². The summed E-state index contributed by atoms with van der Waals surface area (Å²) in [6, 6.07) is 6.05. The monoisotopic (exact) mass is 494 g/mol. The molecule has 2 aromatic heterocycles. The summed E-state index contributed by atoms with van der Waals surface area (Å²) in [6.07, 6.45) is -3.34. The molecule has 1 amide bonds. The number of hydrogen-bond donors (Lipinski definition) is 2. The second-order valence-electron chi connectivity index (χ2n) is 9.29. The first kappa shape index (κ1) is 23.6. The Morgan fingerprint density at radius 3 is 2.77 bits per heavy atom. The molecule has 5 rings (SSSR count). The van der Waals surface area contributed by atoms with Crippen LogP contribution in [0.3, 0.4) is 0 Å². The number of likely N-dealkylation sites (tertiary alicyclic amines) is 1. The first-order valence-electron chi connectivity index (χ1n) is 11.6. The number of carbonyl (C=O) groups excluding carboxylic acids is 1. The molecular formula is C23H26F4N6O2. The molecule has 0 radical (unpaired) electrons. The van der Waals surface area contributed by atoms with E-state index in [-0.39, 0.29) is 42.3 Å². The minimum Gasteiger partial charge on any atom is -0.379 e. The van der Waals surface area contributed by atoms with Crippen LogP contribution in [0.4, 0.5) is 23.2 Å². The number of rotatable bonds is 7. The second kappa shape index (κ2) is 9.14. The van der Waals surface area contributed by atoms with Crippen LogP contribution >= 0.6 is 0 Å². The largest absolute Gasteiger partial charge is 0.406 e. The highest BCUT2D eigenvalue weighted by Crippen LogP contribution is 2.35. The van der Waals surface area contributed by atoms with E-state index in [2.05, 4.69) is 20.8 Å². The number of fused-ring (bicyclic) bond motifs is 1. The van der Waals surface area contributed by atoms with Crippen molar-refractivity contribution in [2.24, 2.45) is 5.92 Å². The Labute approximate surface area is 198 Å². The quantitative estimate of drug-likeness (QED) is 0.487. The van der Waals surface area contributed by atoms with Crippen molar-refractivity contribution in [1.29, 1.82) is 0 Å². The van der Waals surface area contributed by atoms with Gasteiger partial charge < -0.3 is 24.6 Å². The fourth-order valence-electron chi connectivity index (χ4n) is 4.45. The van der Waals surface area contributed by atoms with Gasteiger partial charge in [-0.15, -0.1) is 0 Å². The Bertz CT molecular complexity index is 1220. The zero-order chi connectivity index (χ0) is 24.7. The van der Waals surface area contributed by atoms with Crippen LogP contribution < -0.4 is 10.6 Å². The van der Waals surface area contributed by atoms with Crippen molar-refractivity contribution in [2.45, 2.75) is 50.7 Å². The smallest absolute Gasteiger partial charge is 0.379 e. The molecule has 2 fully saturated rings. The summed E-state index contributed by atoms with van der Waals surface area (Å²) in [5.74, 6) is -0.0182. The lowest BCUT2D eigenvalue weighted by Crippen LogP contribution is -2.46. The van der Waals surface area contributed by atoms with E-state index in [9.17, 15) is 22.4 Å². The molecule has 8 nitrogen and oxygen atoms in total. The molecule has 2 atom stereocenters. The predicted molar refractivity (Wildman–Crippen MR) is 120 cm³/mol. The molecule has 188 valence electrons. The van der Waals surface area contributed by atoms with Crippen LogP contribution in [0.15, 0.2) is 28.8 Å². The molecule has 0 unspecified atom stereocenters. The average Bonchev–Trinajstić information content (AvgIpc) is 3.44. The van der Waals surface area contributed by atoms with Gasteiger partial charge in [0.05, 0.1) is 23.8 Å². The fourth-order valence-corrected chi connectivity index (χ4v) is 4.45. The second-order valence-corrected chi connectivity index (χ2v) is 9.29. The highest BCUT2D eigenvalue weighted by atomic mass is 19.4. The van der Waals surface area contributed by atoms with Gasteiger partial charge in [0.1, 0.15) is 12.7 Å². The topological polar surface area (TPSA) is 88.2 Å². The number of hydrogen-bond acceptors (Lipinski definition) is 6. The standard InChI is InChI=1S/C23H26F4N6O2/c1-32-8-7-17(15(24)11-32)29-16-3-2-4-18-14(16)9-19(33(18)12-23(25,26)27)21-30-20(35-31-21)10-28-22(34)13-5-6-13/h2-4,9,13,15,17,29H,5-8,10-12H2,1H3,(H,28,34)/t15-,17+/m1/s1. The third-order valence-electron chi connectivity index (χ3n) is 6.43. The Morgan fingerprint density at radius 2 is 2.06 bits per heavy atom. The predicted octanol–water partition coefficient (Wildman–Crippen LogP) is 3.73. The Morgan fingerprint density at radius 1 is 1.26 bits per heavy atom. The number of nitrogens with one attached hydrogen (secondary N) is 2. The van der Waals surface area contributed by atoms with Crippen LogP contribution in [-0.2, 0) is 17.9 Å². The zero-order valence-electron chi connectivity index (χ0n) is 19.1. The van der Waals surface area contributed by atoms with Crippen molar-refractivity contribution in [3.63, 3.8) is 0 Å². The van der Waals surface area contributed by atoms with E-state index in [1.165, 1.54) is 0 Å². The van der Waals surface area contributed by atoms with Gasteiger partial charge in [-0.3, -0.25) is 4.79 Å². The molecule has 1 aliphatic carbocycles. The van der Waals surface area contributed by atoms with E-state index < -0.39 is 24.9 Å². The third kappa shape index (κ3) is 5.26. The summed E-state index contributed by atoms with van der Waals surface area (Å²) in [6.45, 7) is -0.242. The number of carbonyl (C=O) groups is 1. The van der Waals surface area contributed by atoms with Gasteiger partial charge in [-0.1, -0.05) is 11.2 Å². The van der Waals surface area contributed by atoms with Gasteiger partial charge in [0.25, 0.3) is 0 Å². The average molecular weight is 494 g/mol. The van der Waals surface area contributed by atoms with E-state index in [1.807, 2.05) is 11.9 Å². The lowest BCUT2D eigenvalue weighted by Gasteiger charge is -2.33. The third-order valence-corrected chi connectivity index (χ3v) is 6.43. The summed E-state index contributed by atoms with van der Waals surface area (Å²) in [7, 11) is 1.85. The fraction of sp³-hybridized carbons (Fsp3) is 0.522. The molecule has 1 saturated carbocycles. The molecule has 35 heavy (non-hydrogen) atoms. The lowest BCUT2D eigenvalue weighted by molar-refractivity contribution is -0.139. The summed E-state index contributed by atoms with van der Waals surface area (Å²) in [5, 5.41) is 10.3. The van der Waals surface area contributed by atoms with Gasteiger partial charge in [0.15, 0.2) is 0 Å². The van der Waals surface area contributed by atoms with Crippen molar-refractivity contribution in [3.05, 3.63) is 30.2 Å². The Hall–Kier alpha value is -3.15. The summed E-state index contributed by atoms with van der Waals surface area (Å²) >= 11 is 0. The van der Waals surface area contributed by atoms with Gasteiger partial charge in [0.2, 0.25) is 17.6 Å². The number of amides is 1. The molecule has 2 N–H and O–H groups in total. The van der Waals surface area contributed by atoms with Gasteiger partial charge in [-0.2, -0.15) is 18.2 Å². The van der Waals surface area contributed by atoms with Crippen LogP contribution in [0.2, 0.25) is 0 Å². The van der Waals surface area contributed by atoms with Crippen LogP contribution in [0, 0.1) is 5.92 Å². The van der Waals surface area contributed by atoms with Crippen molar-refractivity contribution in [1.82, 2.24) is 24.9 Å². The van der Waals surface area contributed by atoms with Gasteiger partial charge in [-0.25, -0.2) is 4.39 Å². The van der Waals surface area contributed by atoms with Crippen molar-refractivity contribution >= 4 is 22.5 Å². The van der Waals surface area contributed by atoms with Crippen molar-refractivity contribution in [3.8, 4) is 11.5 Å². The highest BCUT2D eigenvalue weighted by Gasteiger charge is 2.33. The number of halogens is 4. The molecule has 0 spiro atoms. The number of alkyl halides is 4. The number of piperidine rings is 1. The van der Waals surface area contributed by atoms with E-state index in [1.54, 1.807) is 24.3 Å². The molecule has 3 heterocycles. The van der Waals surface area contributed by atoms with Crippen LogP contribution in [0.5, 0.6) is 0 Å². The van der Waals surface area contributed by atoms with E-state index in [0.29, 0.717) is 23.0 Å². The molecule has 1 aromatic carbocycles. The number of nitrogens with zero attached hydrogens (tertiary/aromatic N) is 4. The molecule has 0 bridgehead atoms. The lowest BCUT2D eigenvalue weighted by atomic mass is 10.0. The maximum atomic E-state index is 14.6. The Kier molecular flexibility index (Phi) is 6.16. The minimum absolute atomic E-state index is 0.00263. The number of anilines is 1. The first-order chi connectivity index (χ1) is 16.7. The van der Waals surface area contributed by atoms with E-state index in [0.717, 1.165) is 24.0 Å². The molecule has 1 aliphatic heterocycles. The van der Waals surface area contributed by atoms with Gasteiger partial charge in [0, 0.05) is 30.1 Å². The molecule has 1 saturated heterocycles. The molecular weight excluding hydrogens is 468 g/mol. The summed E-state index contributed by atoms with van der Waals surface area (Å²) in [5.41, 5.74) is 0.983. The van der Waals surface area contributed by atoms with E-state index >= 15 is 0 Å². The zero-order valence-corrected chi connectivity index (χ0v) is 19.1.